The van der Waals surface area contributed by atoms with E-state index in [1.54, 1.807) is 11.3 Å². The van der Waals surface area contributed by atoms with Crippen molar-refractivity contribution in [1.29, 1.82) is 0 Å². The molecule has 0 aliphatic heterocycles. The lowest BCUT2D eigenvalue weighted by molar-refractivity contribution is 0.320. The Balaban J connectivity index is 1.91. The smallest absolute Gasteiger partial charge is 0.203 e. The van der Waals surface area contributed by atoms with Crippen molar-refractivity contribution < 1.29 is 0 Å². The number of aromatic nitrogens is 2. The maximum atomic E-state index is 5.87. The van der Waals surface area contributed by atoms with Crippen LogP contribution in [0.25, 0.3) is 0 Å². The van der Waals surface area contributed by atoms with Crippen LogP contribution in [0.15, 0.2) is 12.1 Å². The molecule has 2 rings (SSSR count). The van der Waals surface area contributed by atoms with Gasteiger partial charge in [-0.25, -0.2) is 0 Å². The molecule has 86 valence electrons. The molecule has 16 heavy (non-hydrogen) atoms. The van der Waals surface area contributed by atoms with Crippen molar-refractivity contribution in [3.8, 4) is 0 Å². The van der Waals surface area contributed by atoms with Crippen molar-refractivity contribution >= 4 is 39.4 Å². The number of halogens is 1. The Kier molecular flexibility index (Phi) is 3.75. The zero-order valence-electron chi connectivity index (χ0n) is 8.68. The molecule has 0 fully saturated rings. The van der Waals surface area contributed by atoms with Crippen LogP contribution < -0.4 is 5.73 Å². The Bertz CT molecular complexity index is 425. The van der Waals surface area contributed by atoms with Gasteiger partial charge >= 0.3 is 0 Å². The number of hydrogen-bond donors (Lipinski definition) is 1. The van der Waals surface area contributed by atoms with Crippen molar-refractivity contribution in [1.82, 2.24) is 15.1 Å². The van der Waals surface area contributed by atoms with Crippen molar-refractivity contribution in [2.75, 3.05) is 12.8 Å². The third-order valence-electron chi connectivity index (χ3n) is 1.94. The molecule has 7 heteroatoms. The quantitative estimate of drug-likeness (QED) is 0.931. The van der Waals surface area contributed by atoms with E-state index in [1.165, 1.54) is 16.2 Å². The predicted molar refractivity (Wildman–Crippen MR) is 68.8 cm³/mol. The summed E-state index contributed by atoms with van der Waals surface area (Å²) in [6.45, 7) is 1.61. The molecule has 0 spiro atoms. The highest BCUT2D eigenvalue weighted by molar-refractivity contribution is 7.16. The monoisotopic (exact) mass is 274 g/mol. The summed E-state index contributed by atoms with van der Waals surface area (Å²) in [5.41, 5.74) is 5.52. The average Bonchev–Trinajstić information content (AvgIpc) is 2.76. The second-order valence-electron chi connectivity index (χ2n) is 3.41. The molecule has 0 unspecified atom stereocenters. The van der Waals surface area contributed by atoms with Gasteiger partial charge in [0, 0.05) is 11.4 Å². The van der Waals surface area contributed by atoms with E-state index in [9.17, 15) is 0 Å². The minimum Gasteiger partial charge on any atom is -0.374 e. The average molecular weight is 275 g/mol. The minimum absolute atomic E-state index is 0.516. The van der Waals surface area contributed by atoms with Gasteiger partial charge in [0.2, 0.25) is 5.13 Å². The first-order valence-electron chi connectivity index (χ1n) is 4.64. The standard InChI is InChI=1S/C9H11ClN4S2/c1-14(4-6-2-3-7(10)15-6)5-8-12-13-9(11)16-8/h2-3H,4-5H2,1H3,(H2,11,13). The summed E-state index contributed by atoms with van der Waals surface area (Å²) in [5.74, 6) is 0. The van der Waals surface area contributed by atoms with Crippen LogP contribution in [-0.2, 0) is 13.1 Å². The van der Waals surface area contributed by atoms with Gasteiger partial charge in [-0.15, -0.1) is 21.5 Å². The number of anilines is 1. The molecule has 0 saturated heterocycles. The Labute approximate surface area is 107 Å². The molecule has 0 aliphatic rings. The Morgan fingerprint density at radius 2 is 2.12 bits per heavy atom. The number of nitrogen functional groups attached to an aromatic ring is 1. The van der Waals surface area contributed by atoms with Crippen molar-refractivity contribution in [2.45, 2.75) is 13.1 Å². The van der Waals surface area contributed by atoms with Gasteiger partial charge in [-0.3, -0.25) is 4.90 Å². The Morgan fingerprint density at radius 3 is 2.69 bits per heavy atom. The van der Waals surface area contributed by atoms with Crippen LogP contribution in [0.1, 0.15) is 9.88 Å². The van der Waals surface area contributed by atoms with Gasteiger partial charge in [0.1, 0.15) is 5.01 Å². The lowest BCUT2D eigenvalue weighted by Crippen LogP contribution is -2.16. The molecule has 2 aromatic rings. The summed E-state index contributed by atoms with van der Waals surface area (Å²) in [6, 6.07) is 3.95. The molecule has 2 heterocycles. The largest absolute Gasteiger partial charge is 0.374 e. The van der Waals surface area contributed by atoms with Crippen LogP contribution in [0.2, 0.25) is 4.34 Å². The summed E-state index contributed by atoms with van der Waals surface area (Å²) in [7, 11) is 2.03. The van der Waals surface area contributed by atoms with Gasteiger partial charge in [-0.2, -0.15) is 0 Å². The van der Waals surface area contributed by atoms with Crippen LogP contribution in [0.4, 0.5) is 5.13 Å². The van der Waals surface area contributed by atoms with Crippen molar-refractivity contribution in [3.63, 3.8) is 0 Å². The van der Waals surface area contributed by atoms with Gasteiger partial charge in [0.05, 0.1) is 10.9 Å². The molecule has 4 nitrogen and oxygen atoms in total. The highest BCUT2D eigenvalue weighted by atomic mass is 35.5. The predicted octanol–water partition coefficient (Wildman–Crippen LogP) is 2.47. The number of nitrogens with zero attached hydrogens (tertiary/aromatic N) is 3. The molecule has 0 atom stereocenters. The van der Waals surface area contributed by atoms with E-state index in [4.69, 9.17) is 17.3 Å². The van der Waals surface area contributed by atoms with E-state index >= 15 is 0 Å². The van der Waals surface area contributed by atoms with Crippen LogP contribution in [0.3, 0.4) is 0 Å². The first kappa shape index (κ1) is 11.8. The summed E-state index contributed by atoms with van der Waals surface area (Å²) in [5, 5.41) is 9.21. The zero-order valence-corrected chi connectivity index (χ0v) is 11.1. The van der Waals surface area contributed by atoms with Gasteiger partial charge < -0.3 is 5.73 Å². The first-order chi connectivity index (χ1) is 7.63. The highest BCUT2D eigenvalue weighted by Crippen LogP contribution is 2.23. The number of hydrogen-bond acceptors (Lipinski definition) is 6. The number of rotatable bonds is 4. The topological polar surface area (TPSA) is 55.0 Å². The van der Waals surface area contributed by atoms with E-state index in [2.05, 4.69) is 15.1 Å². The maximum absolute atomic E-state index is 5.87. The van der Waals surface area contributed by atoms with E-state index in [0.29, 0.717) is 5.13 Å². The Morgan fingerprint density at radius 1 is 1.31 bits per heavy atom. The highest BCUT2D eigenvalue weighted by Gasteiger charge is 2.07. The summed E-state index contributed by atoms with van der Waals surface area (Å²) in [4.78, 5) is 3.40. The van der Waals surface area contributed by atoms with Crippen molar-refractivity contribution in [2.24, 2.45) is 0 Å². The molecule has 0 saturated carbocycles. The van der Waals surface area contributed by atoms with Crippen molar-refractivity contribution in [3.05, 3.63) is 26.4 Å². The third-order valence-corrected chi connectivity index (χ3v) is 3.90. The summed E-state index contributed by atoms with van der Waals surface area (Å²) in [6.07, 6.45) is 0. The second kappa shape index (κ2) is 5.09. The van der Waals surface area contributed by atoms with E-state index in [0.717, 1.165) is 22.4 Å². The molecule has 0 amide bonds. The fourth-order valence-electron chi connectivity index (χ4n) is 1.32. The molecule has 0 radical (unpaired) electrons. The van der Waals surface area contributed by atoms with Gasteiger partial charge in [0.25, 0.3) is 0 Å². The molecular weight excluding hydrogens is 264 g/mol. The van der Waals surface area contributed by atoms with Gasteiger partial charge in [-0.05, 0) is 19.2 Å². The normalized spacial score (nSPS) is 11.2. The summed E-state index contributed by atoms with van der Waals surface area (Å²) < 4.78 is 0.823. The maximum Gasteiger partial charge on any atom is 0.203 e. The number of nitrogens with two attached hydrogens (primary N) is 1. The fourth-order valence-corrected chi connectivity index (χ4v) is 3.18. The minimum atomic E-state index is 0.516. The van der Waals surface area contributed by atoms with Crippen LogP contribution in [-0.4, -0.2) is 22.1 Å². The second-order valence-corrected chi connectivity index (χ2v) is 6.31. The van der Waals surface area contributed by atoms with Gasteiger partial charge in [-0.1, -0.05) is 22.9 Å². The van der Waals surface area contributed by atoms with Crippen LogP contribution in [0, 0.1) is 0 Å². The molecule has 2 aromatic heterocycles. The van der Waals surface area contributed by atoms with Gasteiger partial charge in [0.15, 0.2) is 0 Å². The third kappa shape index (κ3) is 3.15. The SMILES string of the molecule is CN(Cc1ccc(Cl)s1)Cc1nnc(N)s1. The van der Waals surface area contributed by atoms with E-state index < -0.39 is 0 Å². The van der Waals surface area contributed by atoms with E-state index in [-0.39, 0.29) is 0 Å². The molecule has 0 aromatic carbocycles. The van der Waals surface area contributed by atoms with Crippen LogP contribution in [0.5, 0.6) is 0 Å². The molecular formula is C9H11ClN4S2. The Hall–Kier alpha value is -0.690. The summed E-state index contributed by atoms with van der Waals surface area (Å²) >= 11 is 8.89. The van der Waals surface area contributed by atoms with Crippen LogP contribution >= 0.6 is 34.3 Å². The molecule has 0 aliphatic carbocycles. The van der Waals surface area contributed by atoms with E-state index in [1.807, 2.05) is 19.2 Å². The number of thiophene rings is 1. The fraction of sp³-hybridized carbons (Fsp3) is 0.333. The molecule has 0 bridgehead atoms. The lowest BCUT2D eigenvalue weighted by atomic mass is 10.4. The lowest BCUT2D eigenvalue weighted by Gasteiger charge is -2.12. The zero-order chi connectivity index (χ0) is 11.5. The molecule has 2 N–H and O–H groups in total. The first-order valence-corrected chi connectivity index (χ1v) is 6.65.